The molecule has 0 aromatic heterocycles. The standard InChI is InChI=1S/C14H12ClFO2/c1-17-14-6-5-10(7-13(14)16)9-18-12-4-2-3-11(15)8-12/h2-8H,9H2,1H3. The third-order valence-corrected chi connectivity index (χ3v) is 2.65. The zero-order chi connectivity index (χ0) is 13.0. The third kappa shape index (κ3) is 3.14. The van der Waals surface area contributed by atoms with Crippen LogP contribution in [0.4, 0.5) is 4.39 Å². The van der Waals surface area contributed by atoms with Gasteiger partial charge in [0.15, 0.2) is 11.6 Å². The highest BCUT2D eigenvalue weighted by Gasteiger charge is 2.04. The molecule has 0 aliphatic heterocycles. The molecule has 0 fully saturated rings. The van der Waals surface area contributed by atoms with Crippen LogP contribution in [0.2, 0.25) is 5.02 Å². The Hall–Kier alpha value is -1.74. The van der Waals surface area contributed by atoms with Gasteiger partial charge in [-0.25, -0.2) is 4.39 Å². The van der Waals surface area contributed by atoms with Gasteiger partial charge in [-0.3, -0.25) is 0 Å². The van der Waals surface area contributed by atoms with Crippen molar-refractivity contribution in [1.29, 1.82) is 0 Å². The summed E-state index contributed by atoms with van der Waals surface area (Å²) in [5.74, 6) is 0.477. The summed E-state index contributed by atoms with van der Waals surface area (Å²) in [6.45, 7) is 0.279. The van der Waals surface area contributed by atoms with E-state index in [-0.39, 0.29) is 12.4 Å². The Morgan fingerprint density at radius 3 is 2.67 bits per heavy atom. The van der Waals surface area contributed by atoms with Crippen LogP contribution in [0.5, 0.6) is 11.5 Å². The van der Waals surface area contributed by atoms with Gasteiger partial charge in [-0.15, -0.1) is 0 Å². The van der Waals surface area contributed by atoms with Crippen LogP contribution in [0.15, 0.2) is 42.5 Å². The van der Waals surface area contributed by atoms with Gasteiger partial charge < -0.3 is 9.47 Å². The number of hydrogen-bond donors (Lipinski definition) is 0. The van der Waals surface area contributed by atoms with Crippen molar-refractivity contribution < 1.29 is 13.9 Å². The molecule has 0 amide bonds. The lowest BCUT2D eigenvalue weighted by Gasteiger charge is -2.08. The molecule has 0 N–H and O–H groups in total. The van der Waals surface area contributed by atoms with Crippen molar-refractivity contribution in [3.05, 3.63) is 58.9 Å². The first kappa shape index (κ1) is 12.7. The maximum Gasteiger partial charge on any atom is 0.165 e. The number of ether oxygens (including phenoxy) is 2. The molecule has 4 heteroatoms. The minimum Gasteiger partial charge on any atom is -0.494 e. The van der Waals surface area contributed by atoms with E-state index in [0.717, 1.165) is 5.56 Å². The summed E-state index contributed by atoms with van der Waals surface area (Å²) in [4.78, 5) is 0. The fourth-order valence-electron chi connectivity index (χ4n) is 1.52. The molecular weight excluding hydrogens is 255 g/mol. The van der Waals surface area contributed by atoms with Gasteiger partial charge in [0.1, 0.15) is 12.4 Å². The lowest BCUT2D eigenvalue weighted by Crippen LogP contribution is -1.97. The first-order chi connectivity index (χ1) is 8.69. The molecule has 0 aliphatic rings. The van der Waals surface area contributed by atoms with Crippen molar-refractivity contribution >= 4 is 11.6 Å². The smallest absolute Gasteiger partial charge is 0.165 e. The van der Waals surface area contributed by atoms with Gasteiger partial charge in [-0.2, -0.15) is 0 Å². The number of rotatable bonds is 4. The Morgan fingerprint density at radius 2 is 2.00 bits per heavy atom. The summed E-state index contributed by atoms with van der Waals surface area (Å²) in [7, 11) is 1.43. The van der Waals surface area contributed by atoms with Crippen molar-refractivity contribution in [3.8, 4) is 11.5 Å². The summed E-state index contributed by atoms with van der Waals surface area (Å²) < 4.78 is 23.8. The predicted molar refractivity (Wildman–Crippen MR) is 68.7 cm³/mol. The number of methoxy groups -OCH3 is 1. The van der Waals surface area contributed by atoms with Crippen LogP contribution in [0.1, 0.15) is 5.56 Å². The lowest BCUT2D eigenvalue weighted by molar-refractivity contribution is 0.304. The molecule has 0 atom stereocenters. The van der Waals surface area contributed by atoms with Crippen molar-refractivity contribution in [2.24, 2.45) is 0 Å². The largest absolute Gasteiger partial charge is 0.494 e. The minimum atomic E-state index is -0.398. The van der Waals surface area contributed by atoms with E-state index in [1.807, 2.05) is 0 Å². The van der Waals surface area contributed by atoms with Crippen molar-refractivity contribution in [3.63, 3.8) is 0 Å². The molecule has 0 aliphatic carbocycles. The number of benzene rings is 2. The molecule has 0 unspecified atom stereocenters. The van der Waals surface area contributed by atoms with E-state index in [9.17, 15) is 4.39 Å². The summed E-state index contributed by atoms with van der Waals surface area (Å²) in [5.41, 5.74) is 0.730. The molecule has 94 valence electrons. The number of halogens is 2. The molecule has 2 aromatic rings. The van der Waals surface area contributed by atoms with Crippen LogP contribution < -0.4 is 9.47 Å². The normalized spacial score (nSPS) is 10.2. The molecule has 0 saturated carbocycles. The van der Waals surface area contributed by atoms with Gasteiger partial charge in [0.25, 0.3) is 0 Å². The quantitative estimate of drug-likeness (QED) is 0.831. The molecule has 2 nitrogen and oxygen atoms in total. The van der Waals surface area contributed by atoms with Crippen molar-refractivity contribution in [1.82, 2.24) is 0 Å². The average molecular weight is 267 g/mol. The van der Waals surface area contributed by atoms with Crippen LogP contribution in [-0.2, 0) is 6.61 Å². The van der Waals surface area contributed by atoms with Gasteiger partial charge in [-0.05, 0) is 35.9 Å². The van der Waals surface area contributed by atoms with Crippen LogP contribution in [-0.4, -0.2) is 7.11 Å². The number of hydrogen-bond acceptors (Lipinski definition) is 2. The summed E-state index contributed by atoms with van der Waals surface area (Å²) in [5, 5.41) is 0.605. The molecule has 0 spiro atoms. The molecule has 0 radical (unpaired) electrons. The molecule has 0 bridgehead atoms. The average Bonchev–Trinajstić information content (AvgIpc) is 2.37. The second-order valence-corrected chi connectivity index (χ2v) is 4.15. The first-order valence-electron chi connectivity index (χ1n) is 5.40. The summed E-state index contributed by atoms with van der Waals surface area (Å²) >= 11 is 5.83. The highest BCUT2D eigenvalue weighted by atomic mass is 35.5. The van der Waals surface area contributed by atoms with E-state index in [2.05, 4.69) is 0 Å². The monoisotopic (exact) mass is 266 g/mol. The predicted octanol–water partition coefficient (Wildman–Crippen LogP) is 4.07. The highest BCUT2D eigenvalue weighted by Crippen LogP contribution is 2.21. The van der Waals surface area contributed by atoms with Crippen molar-refractivity contribution in [2.45, 2.75) is 6.61 Å². The third-order valence-electron chi connectivity index (χ3n) is 2.42. The molecule has 2 aromatic carbocycles. The fraction of sp³-hybridized carbons (Fsp3) is 0.143. The Balaban J connectivity index is 2.04. The zero-order valence-electron chi connectivity index (χ0n) is 9.82. The summed E-state index contributed by atoms with van der Waals surface area (Å²) in [6.07, 6.45) is 0. The van der Waals surface area contributed by atoms with Crippen molar-refractivity contribution in [2.75, 3.05) is 7.11 Å². The van der Waals surface area contributed by atoms with Crippen LogP contribution in [0.25, 0.3) is 0 Å². The lowest BCUT2D eigenvalue weighted by atomic mass is 10.2. The zero-order valence-corrected chi connectivity index (χ0v) is 10.6. The first-order valence-corrected chi connectivity index (χ1v) is 5.77. The van der Waals surface area contributed by atoms with Gasteiger partial charge in [-0.1, -0.05) is 23.7 Å². The van der Waals surface area contributed by atoms with E-state index in [4.69, 9.17) is 21.1 Å². The van der Waals surface area contributed by atoms with Crippen LogP contribution in [0.3, 0.4) is 0 Å². The van der Waals surface area contributed by atoms with Crippen LogP contribution >= 0.6 is 11.6 Å². The molecular formula is C14H12ClFO2. The fourth-order valence-corrected chi connectivity index (χ4v) is 1.70. The Bertz CT molecular complexity index is 543. The molecule has 0 heterocycles. The summed E-state index contributed by atoms with van der Waals surface area (Å²) in [6, 6.07) is 11.8. The van der Waals surface area contributed by atoms with E-state index in [1.165, 1.54) is 13.2 Å². The highest BCUT2D eigenvalue weighted by molar-refractivity contribution is 6.30. The van der Waals surface area contributed by atoms with E-state index < -0.39 is 5.82 Å². The Morgan fingerprint density at radius 1 is 1.17 bits per heavy atom. The van der Waals surface area contributed by atoms with E-state index in [0.29, 0.717) is 10.8 Å². The maximum absolute atomic E-state index is 13.4. The second kappa shape index (κ2) is 5.74. The van der Waals surface area contributed by atoms with Gasteiger partial charge in [0.2, 0.25) is 0 Å². The van der Waals surface area contributed by atoms with Gasteiger partial charge in [0, 0.05) is 5.02 Å². The molecule has 0 saturated heterocycles. The topological polar surface area (TPSA) is 18.5 Å². The SMILES string of the molecule is COc1ccc(COc2cccc(Cl)c2)cc1F. The van der Waals surface area contributed by atoms with Gasteiger partial charge in [0.05, 0.1) is 7.11 Å². The minimum absolute atomic E-state index is 0.224. The Labute approximate surface area is 110 Å². The maximum atomic E-state index is 13.4. The van der Waals surface area contributed by atoms with Gasteiger partial charge >= 0.3 is 0 Å². The van der Waals surface area contributed by atoms with Crippen LogP contribution in [0, 0.1) is 5.82 Å². The molecule has 2 rings (SSSR count). The second-order valence-electron chi connectivity index (χ2n) is 3.71. The van der Waals surface area contributed by atoms with E-state index >= 15 is 0 Å². The molecule has 18 heavy (non-hydrogen) atoms. The van der Waals surface area contributed by atoms with E-state index in [1.54, 1.807) is 36.4 Å². The Kier molecular flexibility index (Phi) is 4.05.